The first-order chi connectivity index (χ1) is 6.79. The predicted octanol–water partition coefficient (Wildman–Crippen LogP) is -1.29. The highest BCUT2D eigenvalue weighted by Gasteiger charge is 2.48. The number of hydrogen-bond acceptors (Lipinski definition) is 5. The summed E-state index contributed by atoms with van der Waals surface area (Å²) >= 11 is 0. The fourth-order valence-corrected chi connectivity index (χ4v) is 3.62. The van der Waals surface area contributed by atoms with Gasteiger partial charge in [-0.05, 0) is 0 Å². The zero-order valence-corrected chi connectivity index (χ0v) is 10.3. The lowest BCUT2D eigenvalue weighted by Gasteiger charge is -2.44. The Bertz CT molecular complexity index is 215. The lowest BCUT2D eigenvalue weighted by Crippen LogP contribution is -2.64. The van der Waals surface area contributed by atoms with E-state index in [4.69, 9.17) is 9.84 Å². The molecule has 90 valence electrons. The van der Waals surface area contributed by atoms with Gasteiger partial charge >= 0.3 is 0 Å². The van der Waals surface area contributed by atoms with Crippen molar-refractivity contribution in [3.63, 3.8) is 0 Å². The molecular formula is C9H20O5Si. The van der Waals surface area contributed by atoms with Crippen LogP contribution in [0.2, 0.25) is 19.6 Å². The van der Waals surface area contributed by atoms with E-state index < -0.39 is 38.2 Å². The average Bonchev–Trinajstić information content (AvgIpc) is 2.13. The Morgan fingerprint density at radius 2 is 1.53 bits per heavy atom. The van der Waals surface area contributed by atoms with Gasteiger partial charge in [0.2, 0.25) is 0 Å². The van der Waals surface area contributed by atoms with Gasteiger partial charge in [-0.1, -0.05) is 19.6 Å². The molecule has 0 aromatic heterocycles. The van der Waals surface area contributed by atoms with Crippen LogP contribution >= 0.6 is 0 Å². The first-order valence-electron chi connectivity index (χ1n) is 5.09. The third-order valence-electron chi connectivity index (χ3n) is 2.75. The Kier molecular flexibility index (Phi) is 3.91. The van der Waals surface area contributed by atoms with E-state index >= 15 is 0 Å². The van der Waals surface area contributed by atoms with Crippen LogP contribution in [0.5, 0.6) is 0 Å². The van der Waals surface area contributed by atoms with Crippen molar-refractivity contribution in [3.05, 3.63) is 0 Å². The molecule has 1 saturated heterocycles. The van der Waals surface area contributed by atoms with Crippen molar-refractivity contribution in [3.8, 4) is 0 Å². The summed E-state index contributed by atoms with van der Waals surface area (Å²) in [5, 5.41) is 37.9. The van der Waals surface area contributed by atoms with E-state index in [0.29, 0.717) is 0 Å². The van der Waals surface area contributed by atoms with Crippen LogP contribution in [0.15, 0.2) is 0 Å². The number of hydrogen-bond donors (Lipinski definition) is 4. The first kappa shape index (κ1) is 13.1. The highest BCUT2D eigenvalue weighted by atomic mass is 28.3. The molecule has 5 atom stereocenters. The summed E-state index contributed by atoms with van der Waals surface area (Å²) in [5.74, 6) is 0. The van der Waals surface area contributed by atoms with Gasteiger partial charge in [0, 0.05) is 0 Å². The minimum Gasteiger partial charge on any atom is -0.394 e. The molecule has 0 spiro atoms. The number of ether oxygens (including phenoxy) is 1. The van der Waals surface area contributed by atoms with Crippen LogP contribution in [0.4, 0.5) is 0 Å². The van der Waals surface area contributed by atoms with Crippen LogP contribution in [-0.2, 0) is 4.74 Å². The zero-order valence-electron chi connectivity index (χ0n) is 9.29. The molecule has 0 unspecified atom stereocenters. The van der Waals surface area contributed by atoms with E-state index in [2.05, 4.69) is 0 Å². The molecule has 0 saturated carbocycles. The maximum Gasteiger partial charge on any atom is 0.111 e. The van der Waals surface area contributed by atoms with Gasteiger partial charge in [0.25, 0.3) is 0 Å². The van der Waals surface area contributed by atoms with E-state index in [0.717, 1.165) is 0 Å². The maximum atomic E-state index is 9.77. The van der Waals surface area contributed by atoms with Crippen LogP contribution in [0.3, 0.4) is 0 Å². The topological polar surface area (TPSA) is 90.2 Å². The van der Waals surface area contributed by atoms with Crippen molar-refractivity contribution < 1.29 is 25.2 Å². The van der Waals surface area contributed by atoms with Gasteiger partial charge in [-0.2, -0.15) is 0 Å². The Balaban J connectivity index is 2.83. The molecule has 4 N–H and O–H groups in total. The second-order valence-electron chi connectivity index (χ2n) is 5.12. The van der Waals surface area contributed by atoms with Crippen molar-refractivity contribution in [2.24, 2.45) is 0 Å². The van der Waals surface area contributed by atoms with Crippen LogP contribution < -0.4 is 0 Å². The Labute approximate surface area is 90.3 Å². The number of rotatable bonds is 2. The fraction of sp³-hybridized carbons (Fsp3) is 1.00. The van der Waals surface area contributed by atoms with Gasteiger partial charge in [-0.3, -0.25) is 0 Å². The molecule has 0 aromatic carbocycles. The Morgan fingerprint density at radius 3 is 1.93 bits per heavy atom. The molecule has 15 heavy (non-hydrogen) atoms. The molecule has 1 fully saturated rings. The molecule has 5 nitrogen and oxygen atoms in total. The first-order valence-corrected chi connectivity index (χ1v) is 8.67. The zero-order chi connectivity index (χ0) is 11.8. The van der Waals surface area contributed by atoms with E-state index in [-0.39, 0.29) is 6.61 Å². The third kappa shape index (κ3) is 2.58. The summed E-state index contributed by atoms with van der Waals surface area (Å²) in [5.41, 5.74) is -0.465. The average molecular weight is 236 g/mol. The van der Waals surface area contributed by atoms with E-state index in [1.807, 2.05) is 19.6 Å². The fourth-order valence-electron chi connectivity index (χ4n) is 1.82. The van der Waals surface area contributed by atoms with Gasteiger partial charge < -0.3 is 25.2 Å². The monoisotopic (exact) mass is 236 g/mol. The number of aliphatic hydroxyl groups is 4. The molecule has 1 heterocycles. The molecule has 0 aliphatic carbocycles. The van der Waals surface area contributed by atoms with Gasteiger partial charge in [-0.15, -0.1) is 0 Å². The molecule has 0 amide bonds. The highest BCUT2D eigenvalue weighted by Crippen LogP contribution is 2.27. The largest absolute Gasteiger partial charge is 0.394 e. The summed E-state index contributed by atoms with van der Waals surface area (Å²) in [4.78, 5) is 0. The standard InChI is InChI=1S/C9H20O5Si/c1-15(2,3)9-8(13)7(12)6(11)5(4-10)14-9/h5-13H,4H2,1-3H3/t5-,6-,7+,8-,9-/m1/s1. The maximum absolute atomic E-state index is 9.77. The van der Waals surface area contributed by atoms with Gasteiger partial charge in [-0.25, -0.2) is 0 Å². The van der Waals surface area contributed by atoms with Crippen molar-refractivity contribution >= 4 is 8.07 Å². The summed E-state index contributed by atoms with van der Waals surface area (Å²) in [6.45, 7) is 5.64. The van der Waals surface area contributed by atoms with Crippen LogP contribution in [-0.4, -0.2) is 65.2 Å². The summed E-state index contributed by atoms with van der Waals surface area (Å²) < 4.78 is 5.45. The molecule has 0 aromatic rings. The molecular weight excluding hydrogens is 216 g/mol. The van der Waals surface area contributed by atoms with Crippen molar-refractivity contribution in [2.45, 2.75) is 49.8 Å². The van der Waals surface area contributed by atoms with E-state index in [9.17, 15) is 15.3 Å². The van der Waals surface area contributed by atoms with Crippen molar-refractivity contribution in [1.29, 1.82) is 0 Å². The SMILES string of the molecule is C[Si](C)(C)[C@H]1O[C@H](CO)[C@@H](O)[C@H](O)[C@H]1O. The van der Waals surface area contributed by atoms with Crippen LogP contribution in [0.1, 0.15) is 0 Å². The van der Waals surface area contributed by atoms with Gasteiger partial charge in [0.15, 0.2) is 0 Å². The lowest BCUT2D eigenvalue weighted by atomic mass is 10.0. The molecule has 1 rings (SSSR count). The normalized spacial score (nSPS) is 43.0. The molecule has 0 bridgehead atoms. The highest BCUT2D eigenvalue weighted by molar-refractivity contribution is 6.77. The minimum atomic E-state index is -1.80. The van der Waals surface area contributed by atoms with Crippen molar-refractivity contribution in [2.75, 3.05) is 6.61 Å². The molecule has 1 aliphatic rings. The Morgan fingerprint density at radius 1 is 1.00 bits per heavy atom. The summed E-state index contributed by atoms with van der Waals surface area (Å²) in [6.07, 6.45) is -4.35. The number of aliphatic hydroxyl groups excluding tert-OH is 4. The second-order valence-corrected chi connectivity index (χ2v) is 10.4. The quantitative estimate of drug-likeness (QED) is 0.448. The predicted molar refractivity (Wildman–Crippen MR) is 57.1 cm³/mol. The minimum absolute atomic E-state index is 0.355. The van der Waals surface area contributed by atoms with E-state index in [1.165, 1.54) is 0 Å². The van der Waals surface area contributed by atoms with Crippen molar-refractivity contribution in [1.82, 2.24) is 0 Å². The molecule has 6 heteroatoms. The third-order valence-corrected chi connectivity index (χ3v) is 4.93. The van der Waals surface area contributed by atoms with E-state index in [1.54, 1.807) is 0 Å². The molecule has 1 aliphatic heterocycles. The Hall–Kier alpha value is 0.0169. The lowest BCUT2D eigenvalue weighted by molar-refractivity contribution is -0.210. The molecule has 0 radical (unpaired) electrons. The summed E-state index contributed by atoms with van der Waals surface area (Å²) in [6, 6.07) is 0. The van der Waals surface area contributed by atoms with Gasteiger partial charge in [0.05, 0.1) is 20.4 Å². The van der Waals surface area contributed by atoms with Crippen LogP contribution in [0, 0.1) is 0 Å². The van der Waals surface area contributed by atoms with Gasteiger partial charge in [0.1, 0.15) is 24.4 Å². The summed E-state index contributed by atoms with van der Waals surface area (Å²) in [7, 11) is -1.80. The second kappa shape index (κ2) is 4.48. The smallest absolute Gasteiger partial charge is 0.111 e. The van der Waals surface area contributed by atoms with Crippen LogP contribution in [0.25, 0.3) is 0 Å².